The van der Waals surface area contributed by atoms with Crippen LogP contribution in [0.15, 0.2) is 97.2 Å². The molecule has 0 rings (SSSR count). The summed E-state index contributed by atoms with van der Waals surface area (Å²) in [4.78, 5) is 38.0. The van der Waals surface area contributed by atoms with Crippen molar-refractivity contribution in [2.75, 3.05) is 13.2 Å². The lowest BCUT2D eigenvalue weighted by Crippen LogP contribution is -2.30. The second-order valence-electron chi connectivity index (χ2n) is 18.8. The number of hydrogen-bond acceptors (Lipinski definition) is 6. The van der Waals surface area contributed by atoms with Crippen molar-refractivity contribution in [2.45, 2.75) is 271 Å². The summed E-state index contributed by atoms with van der Waals surface area (Å²) in [7, 11) is 0. The first-order valence-electron chi connectivity index (χ1n) is 28.7. The van der Waals surface area contributed by atoms with Crippen LogP contribution in [-0.2, 0) is 28.6 Å². The van der Waals surface area contributed by atoms with E-state index >= 15 is 0 Å². The van der Waals surface area contributed by atoms with E-state index in [1.54, 1.807) is 0 Å². The minimum absolute atomic E-state index is 0.0873. The Morgan fingerprint density at radius 1 is 0.304 bits per heavy atom. The molecule has 6 nitrogen and oxygen atoms in total. The van der Waals surface area contributed by atoms with Crippen molar-refractivity contribution in [3.63, 3.8) is 0 Å². The summed E-state index contributed by atoms with van der Waals surface area (Å²) >= 11 is 0. The number of allylic oxidation sites excluding steroid dienone is 16. The molecule has 0 spiro atoms. The van der Waals surface area contributed by atoms with Gasteiger partial charge < -0.3 is 14.2 Å². The first-order valence-corrected chi connectivity index (χ1v) is 28.7. The molecular weight excluding hydrogens is 853 g/mol. The fourth-order valence-electron chi connectivity index (χ4n) is 7.72. The van der Waals surface area contributed by atoms with Gasteiger partial charge in [-0.25, -0.2) is 0 Å². The highest BCUT2D eigenvalue weighted by Gasteiger charge is 2.19. The normalized spacial score (nSPS) is 12.8. The second-order valence-corrected chi connectivity index (χ2v) is 18.8. The van der Waals surface area contributed by atoms with Crippen LogP contribution in [0, 0.1) is 0 Å². The van der Waals surface area contributed by atoms with Gasteiger partial charge in [-0.1, -0.05) is 234 Å². The van der Waals surface area contributed by atoms with E-state index in [4.69, 9.17) is 14.2 Å². The maximum Gasteiger partial charge on any atom is 0.306 e. The molecule has 1 unspecified atom stereocenters. The molecule has 0 saturated heterocycles. The number of unbranched alkanes of at least 4 members (excludes halogenated alkanes) is 24. The van der Waals surface area contributed by atoms with Gasteiger partial charge in [0.05, 0.1) is 0 Å². The molecule has 0 aromatic heterocycles. The van der Waals surface area contributed by atoms with Crippen molar-refractivity contribution >= 4 is 17.9 Å². The highest BCUT2D eigenvalue weighted by Crippen LogP contribution is 2.15. The first-order chi connectivity index (χ1) is 34.0. The van der Waals surface area contributed by atoms with E-state index in [0.717, 1.165) is 128 Å². The highest BCUT2D eigenvalue weighted by molar-refractivity contribution is 5.71. The number of hydrogen-bond donors (Lipinski definition) is 0. The largest absolute Gasteiger partial charge is 0.462 e. The van der Waals surface area contributed by atoms with Gasteiger partial charge in [-0.2, -0.15) is 0 Å². The van der Waals surface area contributed by atoms with Crippen molar-refractivity contribution in [3.05, 3.63) is 97.2 Å². The van der Waals surface area contributed by atoms with Crippen molar-refractivity contribution in [1.29, 1.82) is 0 Å². The summed E-state index contributed by atoms with van der Waals surface area (Å²) in [6.45, 7) is 6.40. The summed E-state index contributed by atoms with van der Waals surface area (Å²) in [5.41, 5.74) is 0. The van der Waals surface area contributed by atoms with E-state index in [1.165, 1.54) is 96.3 Å². The molecule has 69 heavy (non-hydrogen) atoms. The Morgan fingerprint density at radius 2 is 0.594 bits per heavy atom. The van der Waals surface area contributed by atoms with Gasteiger partial charge in [0, 0.05) is 19.3 Å². The fourth-order valence-corrected chi connectivity index (χ4v) is 7.72. The lowest BCUT2D eigenvalue weighted by Gasteiger charge is -2.18. The molecule has 0 radical (unpaired) electrons. The van der Waals surface area contributed by atoms with E-state index in [0.29, 0.717) is 19.3 Å². The average Bonchev–Trinajstić information content (AvgIpc) is 3.35. The fraction of sp³-hybridized carbons (Fsp3) is 0.698. The second kappa shape index (κ2) is 56.9. The van der Waals surface area contributed by atoms with Gasteiger partial charge >= 0.3 is 17.9 Å². The third-order valence-electron chi connectivity index (χ3n) is 12.0. The van der Waals surface area contributed by atoms with Crippen LogP contribution in [0.25, 0.3) is 0 Å². The monoisotopic (exact) mass is 959 g/mol. The lowest BCUT2D eigenvalue weighted by molar-refractivity contribution is -0.167. The molecule has 0 N–H and O–H groups in total. The lowest BCUT2D eigenvalue weighted by atomic mass is 10.0. The van der Waals surface area contributed by atoms with Crippen LogP contribution < -0.4 is 0 Å². The molecule has 394 valence electrons. The van der Waals surface area contributed by atoms with Crippen LogP contribution in [0.2, 0.25) is 0 Å². The molecule has 0 bridgehead atoms. The molecule has 0 aliphatic heterocycles. The standard InChI is InChI=1S/C63H106O6/c1-4-7-10-13-16-19-22-24-25-26-27-28-29-30-31-32-33-34-35-36-37-39-41-44-47-50-53-56-62(65)68-59-60(58-67-61(64)55-52-49-46-43-40-21-18-15-12-9-6-3)69-63(66)57-54-51-48-45-42-38-23-20-17-14-11-8-5-2/h7,10-11,14-16,18-20,23-25,27-28,30-31,60H,4-6,8-9,12-13,17,21-22,26,29,32-59H2,1-3H3/b10-7-,14-11-,18-15-,19-16-,23-20-,25-24-,28-27-,31-30-. The Balaban J connectivity index is 4.24. The molecular formula is C63H106O6. The van der Waals surface area contributed by atoms with Gasteiger partial charge in [0.1, 0.15) is 13.2 Å². The van der Waals surface area contributed by atoms with E-state index in [-0.39, 0.29) is 31.1 Å². The third kappa shape index (κ3) is 55.1. The van der Waals surface area contributed by atoms with Crippen LogP contribution in [0.3, 0.4) is 0 Å². The maximum atomic E-state index is 12.8. The van der Waals surface area contributed by atoms with Crippen LogP contribution in [0.4, 0.5) is 0 Å². The zero-order chi connectivity index (χ0) is 50.0. The van der Waals surface area contributed by atoms with Gasteiger partial charge in [-0.3, -0.25) is 14.4 Å². The Morgan fingerprint density at radius 3 is 0.957 bits per heavy atom. The average molecular weight is 960 g/mol. The van der Waals surface area contributed by atoms with Crippen LogP contribution in [0.5, 0.6) is 0 Å². The van der Waals surface area contributed by atoms with Gasteiger partial charge in [-0.15, -0.1) is 0 Å². The van der Waals surface area contributed by atoms with Crippen molar-refractivity contribution in [3.8, 4) is 0 Å². The van der Waals surface area contributed by atoms with Crippen molar-refractivity contribution in [1.82, 2.24) is 0 Å². The molecule has 0 saturated carbocycles. The Hall–Kier alpha value is -3.67. The number of esters is 3. The van der Waals surface area contributed by atoms with Gasteiger partial charge in [0.25, 0.3) is 0 Å². The van der Waals surface area contributed by atoms with Crippen molar-refractivity contribution < 1.29 is 28.6 Å². The summed E-state index contributed by atoms with van der Waals surface area (Å²) in [5, 5.41) is 0. The van der Waals surface area contributed by atoms with E-state index in [1.807, 2.05) is 0 Å². The summed E-state index contributed by atoms with van der Waals surface area (Å²) in [6.07, 6.45) is 75.5. The highest BCUT2D eigenvalue weighted by atomic mass is 16.6. The maximum absolute atomic E-state index is 12.8. The molecule has 0 aromatic rings. The van der Waals surface area contributed by atoms with Gasteiger partial charge in [0.2, 0.25) is 0 Å². The van der Waals surface area contributed by atoms with E-state index in [9.17, 15) is 14.4 Å². The van der Waals surface area contributed by atoms with Crippen LogP contribution in [-0.4, -0.2) is 37.2 Å². The topological polar surface area (TPSA) is 78.9 Å². The number of carbonyl (C=O) groups is 3. The molecule has 0 aliphatic rings. The third-order valence-corrected chi connectivity index (χ3v) is 12.0. The first kappa shape index (κ1) is 65.3. The molecule has 6 heteroatoms. The zero-order valence-corrected chi connectivity index (χ0v) is 45.0. The Labute approximate surface area is 426 Å². The predicted octanol–water partition coefficient (Wildman–Crippen LogP) is 19.3. The molecule has 0 heterocycles. The number of rotatable bonds is 51. The zero-order valence-electron chi connectivity index (χ0n) is 45.0. The smallest absolute Gasteiger partial charge is 0.306 e. The predicted molar refractivity (Wildman–Crippen MR) is 297 cm³/mol. The SMILES string of the molecule is CC/C=C\C/C=C\C/C=C\C/C=C\C/C=C\CCCCCCCCCCCCCC(=O)OCC(COC(=O)CCCCCCC/C=C\CCCC)OC(=O)CCCCCCC/C=C\C/C=C\CCC. The van der Waals surface area contributed by atoms with Crippen LogP contribution >= 0.6 is 0 Å². The summed E-state index contributed by atoms with van der Waals surface area (Å²) in [5.74, 6) is -0.913. The Bertz CT molecular complexity index is 1380. The number of ether oxygens (including phenoxy) is 3. The summed E-state index contributed by atoms with van der Waals surface area (Å²) < 4.78 is 16.8. The molecule has 0 aliphatic carbocycles. The van der Waals surface area contributed by atoms with Gasteiger partial charge in [0.15, 0.2) is 6.10 Å². The summed E-state index contributed by atoms with van der Waals surface area (Å²) in [6, 6.07) is 0. The van der Waals surface area contributed by atoms with Crippen molar-refractivity contribution in [2.24, 2.45) is 0 Å². The van der Waals surface area contributed by atoms with Gasteiger partial charge in [-0.05, 0) is 109 Å². The molecule has 0 fully saturated rings. The molecule has 1 atom stereocenters. The Kier molecular flexibility index (Phi) is 53.9. The minimum Gasteiger partial charge on any atom is -0.462 e. The molecule has 0 aromatic carbocycles. The van der Waals surface area contributed by atoms with E-state index in [2.05, 4.69) is 118 Å². The molecule has 0 amide bonds. The number of carbonyl (C=O) groups excluding carboxylic acids is 3. The quantitative estimate of drug-likeness (QED) is 0.0262. The van der Waals surface area contributed by atoms with Crippen LogP contribution in [0.1, 0.15) is 265 Å². The minimum atomic E-state index is -0.789. The van der Waals surface area contributed by atoms with E-state index < -0.39 is 6.10 Å².